The molecular formula is C21H23N5O2S. The number of fused-ring (bicyclic) bond motifs is 1. The van der Waals surface area contributed by atoms with Crippen LogP contribution in [0.25, 0.3) is 0 Å². The van der Waals surface area contributed by atoms with Gasteiger partial charge < -0.3 is 4.42 Å². The summed E-state index contributed by atoms with van der Waals surface area (Å²) in [6, 6.07) is 14.3. The average molecular weight is 410 g/mol. The summed E-state index contributed by atoms with van der Waals surface area (Å²) in [5.74, 6) is 1.44. The van der Waals surface area contributed by atoms with Gasteiger partial charge in [-0.2, -0.15) is 4.68 Å². The molecule has 0 amide bonds. The summed E-state index contributed by atoms with van der Waals surface area (Å²) in [5, 5.41) is 4.65. The summed E-state index contributed by atoms with van der Waals surface area (Å²) in [7, 11) is 0. The number of aryl methyl sites for hydroxylation is 1. The molecule has 7 nitrogen and oxygen atoms in total. The van der Waals surface area contributed by atoms with Gasteiger partial charge in [-0.15, -0.1) is 5.10 Å². The van der Waals surface area contributed by atoms with E-state index in [1.54, 1.807) is 6.26 Å². The van der Waals surface area contributed by atoms with Gasteiger partial charge in [-0.1, -0.05) is 42.1 Å². The van der Waals surface area contributed by atoms with E-state index in [2.05, 4.69) is 44.1 Å². The van der Waals surface area contributed by atoms with Crippen LogP contribution < -0.4 is 0 Å². The predicted octanol–water partition coefficient (Wildman–Crippen LogP) is 2.85. The molecule has 29 heavy (non-hydrogen) atoms. The third-order valence-electron chi connectivity index (χ3n) is 5.54. The van der Waals surface area contributed by atoms with Crippen molar-refractivity contribution in [1.29, 1.82) is 0 Å². The lowest BCUT2D eigenvalue weighted by atomic mass is 10.1. The van der Waals surface area contributed by atoms with Crippen molar-refractivity contribution in [2.75, 3.05) is 26.2 Å². The summed E-state index contributed by atoms with van der Waals surface area (Å²) in [5.41, 5.74) is 1.33. The maximum atomic E-state index is 13.1. The molecule has 0 N–H and O–H groups in total. The lowest BCUT2D eigenvalue weighted by Gasteiger charge is -2.39. The third kappa shape index (κ3) is 3.63. The maximum Gasteiger partial charge on any atom is 0.265 e. The van der Waals surface area contributed by atoms with E-state index in [9.17, 15) is 4.79 Å². The van der Waals surface area contributed by atoms with Gasteiger partial charge in [-0.05, 0) is 24.6 Å². The molecule has 1 fully saturated rings. The summed E-state index contributed by atoms with van der Waals surface area (Å²) in [6.07, 6.45) is 1.68. The normalized spacial score (nSPS) is 21.4. The number of hydrogen-bond acceptors (Lipinski definition) is 7. The van der Waals surface area contributed by atoms with Crippen LogP contribution in [0.3, 0.4) is 0 Å². The molecule has 1 saturated heterocycles. The molecule has 0 spiro atoms. The number of carbonyl (C=O) groups excluding carboxylic acids is 1. The zero-order valence-electron chi connectivity index (χ0n) is 16.3. The van der Waals surface area contributed by atoms with E-state index in [4.69, 9.17) is 4.42 Å². The molecule has 2 aromatic heterocycles. The van der Waals surface area contributed by atoms with Crippen LogP contribution in [-0.2, 0) is 6.54 Å². The molecule has 0 aliphatic carbocycles. The number of carbonyl (C=O) groups is 1. The molecule has 150 valence electrons. The SMILES string of the molecule is Cc1nc2n(n1)C(=O)C(C(c1ccco1)N1CCN(Cc3ccccc3)CC1)S2. The molecule has 0 bridgehead atoms. The van der Waals surface area contributed by atoms with Crippen LogP contribution in [0.5, 0.6) is 0 Å². The minimum Gasteiger partial charge on any atom is -0.468 e. The molecule has 4 heterocycles. The number of aromatic nitrogens is 3. The second kappa shape index (κ2) is 7.78. The zero-order chi connectivity index (χ0) is 19.8. The van der Waals surface area contributed by atoms with Crippen LogP contribution in [-0.4, -0.2) is 61.9 Å². The highest BCUT2D eigenvalue weighted by Crippen LogP contribution is 2.41. The van der Waals surface area contributed by atoms with Gasteiger partial charge in [-0.25, -0.2) is 4.98 Å². The summed E-state index contributed by atoms with van der Waals surface area (Å²) in [4.78, 5) is 22.3. The second-order valence-corrected chi connectivity index (χ2v) is 8.60. The van der Waals surface area contributed by atoms with Crippen molar-refractivity contribution < 1.29 is 9.21 Å². The van der Waals surface area contributed by atoms with Gasteiger partial charge in [0.2, 0.25) is 0 Å². The van der Waals surface area contributed by atoms with E-state index in [-0.39, 0.29) is 17.2 Å². The first kappa shape index (κ1) is 18.6. The van der Waals surface area contributed by atoms with E-state index < -0.39 is 0 Å². The fourth-order valence-electron chi connectivity index (χ4n) is 4.12. The van der Waals surface area contributed by atoms with Gasteiger partial charge in [0.1, 0.15) is 16.8 Å². The first-order chi connectivity index (χ1) is 14.2. The van der Waals surface area contributed by atoms with Gasteiger partial charge >= 0.3 is 0 Å². The molecular weight excluding hydrogens is 386 g/mol. The zero-order valence-corrected chi connectivity index (χ0v) is 17.1. The van der Waals surface area contributed by atoms with E-state index in [0.717, 1.165) is 38.5 Å². The highest BCUT2D eigenvalue weighted by Gasteiger charge is 2.44. The molecule has 0 radical (unpaired) electrons. The van der Waals surface area contributed by atoms with Gasteiger partial charge in [0, 0.05) is 32.7 Å². The Kier molecular flexibility index (Phi) is 4.99. The topological polar surface area (TPSA) is 67.4 Å². The van der Waals surface area contributed by atoms with Crippen LogP contribution in [0.4, 0.5) is 0 Å². The highest BCUT2D eigenvalue weighted by atomic mass is 32.2. The Bertz CT molecular complexity index is 980. The van der Waals surface area contributed by atoms with Crippen molar-refractivity contribution in [3.63, 3.8) is 0 Å². The van der Waals surface area contributed by atoms with Crippen LogP contribution in [0.2, 0.25) is 0 Å². The number of nitrogens with zero attached hydrogens (tertiary/aromatic N) is 5. The number of thioether (sulfide) groups is 1. The Labute approximate surface area is 173 Å². The second-order valence-electron chi connectivity index (χ2n) is 7.49. The number of furan rings is 1. The van der Waals surface area contributed by atoms with Crippen molar-refractivity contribution in [1.82, 2.24) is 24.6 Å². The van der Waals surface area contributed by atoms with Crippen molar-refractivity contribution in [2.45, 2.75) is 29.9 Å². The Hall–Kier alpha value is -2.42. The Balaban J connectivity index is 1.32. The number of benzene rings is 1. The van der Waals surface area contributed by atoms with E-state index in [0.29, 0.717) is 11.0 Å². The van der Waals surface area contributed by atoms with Crippen LogP contribution in [0.15, 0.2) is 58.3 Å². The van der Waals surface area contributed by atoms with Crippen LogP contribution >= 0.6 is 11.8 Å². The first-order valence-corrected chi connectivity index (χ1v) is 10.8. The third-order valence-corrected chi connectivity index (χ3v) is 6.73. The molecule has 5 rings (SSSR count). The van der Waals surface area contributed by atoms with Crippen molar-refractivity contribution >= 4 is 17.7 Å². The summed E-state index contributed by atoms with van der Waals surface area (Å²) < 4.78 is 7.21. The molecule has 2 unspecified atom stereocenters. The lowest BCUT2D eigenvalue weighted by Crippen LogP contribution is -2.50. The van der Waals surface area contributed by atoms with Gasteiger partial charge in [0.15, 0.2) is 5.16 Å². The van der Waals surface area contributed by atoms with Crippen molar-refractivity contribution in [3.05, 3.63) is 65.9 Å². The smallest absolute Gasteiger partial charge is 0.265 e. The van der Waals surface area contributed by atoms with Crippen LogP contribution in [0, 0.1) is 6.92 Å². The quantitative estimate of drug-likeness (QED) is 0.642. The van der Waals surface area contributed by atoms with Crippen LogP contribution in [0.1, 0.15) is 28.0 Å². The number of hydrogen-bond donors (Lipinski definition) is 0. The Morgan fingerprint density at radius 3 is 2.62 bits per heavy atom. The standard InChI is InChI=1S/C21H23N5O2S/c1-15-22-21-26(23-15)20(27)19(29-21)18(17-8-5-13-28-17)25-11-9-24(10-12-25)14-16-6-3-2-4-7-16/h2-8,13,18-19H,9-12,14H2,1H3. The molecule has 1 aromatic carbocycles. The van der Waals surface area contributed by atoms with Gasteiger partial charge in [0.05, 0.1) is 12.3 Å². The summed E-state index contributed by atoms with van der Waals surface area (Å²) >= 11 is 1.49. The molecule has 2 aliphatic rings. The molecule has 3 aromatic rings. The molecule has 0 saturated carbocycles. The monoisotopic (exact) mass is 409 g/mol. The highest BCUT2D eigenvalue weighted by molar-refractivity contribution is 8.00. The molecule has 8 heteroatoms. The van der Waals surface area contributed by atoms with Gasteiger partial charge in [-0.3, -0.25) is 14.6 Å². The number of rotatable bonds is 5. The van der Waals surface area contributed by atoms with Crippen molar-refractivity contribution in [2.24, 2.45) is 0 Å². The number of piperazine rings is 1. The fraction of sp³-hybridized carbons (Fsp3) is 0.381. The van der Waals surface area contributed by atoms with E-state index in [1.165, 1.54) is 22.0 Å². The Morgan fingerprint density at radius 1 is 1.14 bits per heavy atom. The average Bonchev–Trinajstić information content (AvgIpc) is 3.44. The lowest BCUT2D eigenvalue weighted by molar-refractivity contribution is 0.0666. The molecule has 2 aliphatic heterocycles. The minimum atomic E-state index is -0.294. The maximum absolute atomic E-state index is 13.1. The summed E-state index contributed by atoms with van der Waals surface area (Å²) in [6.45, 7) is 6.45. The predicted molar refractivity (Wildman–Crippen MR) is 110 cm³/mol. The first-order valence-electron chi connectivity index (χ1n) is 9.87. The fourth-order valence-corrected chi connectivity index (χ4v) is 5.40. The largest absolute Gasteiger partial charge is 0.468 e. The van der Waals surface area contributed by atoms with E-state index >= 15 is 0 Å². The molecule has 2 atom stereocenters. The Morgan fingerprint density at radius 2 is 1.93 bits per heavy atom. The minimum absolute atomic E-state index is 0.0151. The van der Waals surface area contributed by atoms with Gasteiger partial charge in [0.25, 0.3) is 5.91 Å². The van der Waals surface area contributed by atoms with E-state index in [1.807, 2.05) is 25.1 Å². The van der Waals surface area contributed by atoms with Crippen molar-refractivity contribution in [3.8, 4) is 0 Å².